The Kier molecular flexibility index (Phi) is 9.96. The van der Waals surface area contributed by atoms with Crippen molar-refractivity contribution in [2.75, 3.05) is 32.7 Å². The molecule has 0 bridgehead atoms. The predicted molar refractivity (Wildman–Crippen MR) is 138 cm³/mol. The zero-order chi connectivity index (χ0) is 23.3. The van der Waals surface area contributed by atoms with Crippen molar-refractivity contribution in [1.29, 1.82) is 0 Å². The maximum Gasteiger partial charge on any atom is 0.254 e. The molecule has 0 radical (unpaired) electrons. The molecule has 0 spiro atoms. The number of carbonyl (C=O) groups excluding carboxylic acids is 1. The molecule has 2 aromatic carbocycles. The zero-order valence-corrected chi connectivity index (χ0v) is 21.1. The Morgan fingerprint density at radius 3 is 2.45 bits per heavy atom. The first-order valence-corrected chi connectivity index (χ1v) is 11.7. The van der Waals surface area contributed by atoms with Crippen LogP contribution in [0.1, 0.15) is 55.2 Å². The Morgan fingerprint density at radius 2 is 1.82 bits per heavy atom. The Hall–Kier alpha value is -2.34. The molecule has 33 heavy (non-hydrogen) atoms. The van der Waals surface area contributed by atoms with Crippen LogP contribution in [-0.2, 0) is 0 Å². The molecule has 3 rings (SSSR count). The number of benzene rings is 2. The zero-order valence-electron chi connectivity index (χ0n) is 20.3. The van der Waals surface area contributed by atoms with Gasteiger partial charge < -0.3 is 10.0 Å². The highest BCUT2D eigenvalue weighted by atomic mass is 35.5. The summed E-state index contributed by atoms with van der Waals surface area (Å²) in [7, 11) is 0. The highest BCUT2D eigenvalue weighted by Crippen LogP contribution is 2.36. The van der Waals surface area contributed by atoms with Crippen molar-refractivity contribution < 1.29 is 9.90 Å². The van der Waals surface area contributed by atoms with Crippen molar-refractivity contribution in [1.82, 2.24) is 14.7 Å². The van der Waals surface area contributed by atoms with Gasteiger partial charge in [-0.25, -0.2) is 0 Å². The second kappa shape index (κ2) is 12.2. The number of piperazine rings is 1. The molecule has 1 aliphatic rings. The van der Waals surface area contributed by atoms with Crippen LogP contribution >= 0.6 is 12.4 Å². The highest BCUT2D eigenvalue weighted by molar-refractivity contribution is 5.96. The van der Waals surface area contributed by atoms with Crippen LogP contribution in [0.25, 0.3) is 0 Å². The minimum absolute atomic E-state index is 0. The number of hydrogen-bond acceptors (Lipinski definition) is 4. The van der Waals surface area contributed by atoms with E-state index in [9.17, 15) is 9.90 Å². The predicted octanol–water partition coefficient (Wildman–Crippen LogP) is 4.97. The number of aromatic hydroxyl groups is 1. The fourth-order valence-electron chi connectivity index (χ4n) is 4.86. The molecule has 5 nitrogen and oxygen atoms in total. The summed E-state index contributed by atoms with van der Waals surface area (Å²) in [4.78, 5) is 20.2. The molecule has 0 saturated carbocycles. The third kappa shape index (κ3) is 5.97. The number of hydrogen-bond donors (Lipinski definition) is 1. The minimum Gasteiger partial charge on any atom is -0.508 e. The van der Waals surface area contributed by atoms with E-state index in [1.165, 1.54) is 0 Å². The lowest BCUT2D eigenvalue weighted by Crippen LogP contribution is -2.57. The topological polar surface area (TPSA) is 47.0 Å². The molecule has 1 N–H and O–H groups in total. The number of carbonyl (C=O) groups is 1. The molecule has 0 aromatic heterocycles. The molecule has 2 aromatic rings. The van der Waals surface area contributed by atoms with Crippen LogP contribution in [0.3, 0.4) is 0 Å². The lowest BCUT2D eigenvalue weighted by atomic mass is 9.90. The number of phenolic OH excluding ortho intramolecular Hbond substituents is 1. The summed E-state index contributed by atoms with van der Waals surface area (Å²) in [5.41, 5.74) is 2.73. The maximum atomic E-state index is 13.4. The Morgan fingerprint density at radius 1 is 1.12 bits per heavy atom. The van der Waals surface area contributed by atoms with Crippen LogP contribution in [0.4, 0.5) is 0 Å². The molecular formula is C27H38ClN3O2. The standard InChI is InChI=1S/C27H37N3O2.ClH/c1-6-16-29-18-21(5)30(19-20(29)4)26(22-12-11-13-23(31)17-22)24-14-9-10-15-25(24)27(32)28(7-2)8-3;/h6,9-15,17,20-21,26,31H,1,7-8,16,18-19H2,2-5H3;1H/t20-,21+,26-;/m1./s1. The van der Waals surface area contributed by atoms with Crippen molar-refractivity contribution in [3.8, 4) is 5.75 Å². The van der Waals surface area contributed by atoms with Gasteiger partial charge in [0.15, 0.2) is 0 Å². The van der Waals surface area contributed by atoms with Gasteiger partial charge >= 0.3 is 0 Å². The average molecular weight is 472 g/mol. The largest absolute Gasteiger partial charge is 0.508 e. The van der Waals surface area contributed by atoms with Crippen molar-refractivity contribution in [3.05, 3.63) is 77.9 Å². The molecule has 0 unspecified atom stereocenters. The second-order valence-electron chi connectivity index (χ2n) is 8.70. The summed E-state index contributed by atoms with van der Waals surface area (Å²) >= 11 is 0. The van der Waals surface area contributed by atoms with Crippen molar-refractivity contribution in [3.63, 3.8) is 0 Å². The van der Waals surface area contributed by atoms with Crippen molar-refractivity contribution >= 4 is 18.3 Å². The second-order valence-corrected chi connectivity index (χ2v) is 8.70. The molecule has 1 fully saturated rings. The van der Waals surface area contributed by atoms with E-state index in [1.807, 2.05) is 55.2 Å². The monoisotopic (exact) mass is 471 g/mol. The first-order valence-electron chi connectivity index (χ1n) is 11.7. The van der Waals surface area contributed by atoms with Gasteiger partial charge in [0, 0.05) is 50.4 Å². The van der Waals surface area contributed by atoms with Crippen LogP contribution in [0.15, 0.2) is 61.2 Å². The molecule has 1 saturated heterocycles. The number of nitrogens with zero attached hydrogens (tertiary/aromatic N) is 3. The fourth-order valence-corrected chi connectivity index (χ4v) is 4.86. The van der Waals surface area contributed by atoms with Gasteiger partial charge in [-0.2, -0.15) is 0 Å². The maximum absolute atomic E-state index is 13.4. The van der Waals surface area contributed by atoms with E-state index in [-0.39, 0.29) is 36.1 Å². The normalized spacial score (nSPS) is 20.0. The van der Waals surface area contributed by atoms with E-state index in [2.05, 4.69) is 42.4 Å². The Bertz CT molecular complexity index is 931. The average Bonchev–Trinajstić information content (AvgIpc) is 2.78. The van der Waals surface area contributed by atoms with E-state index in [0.29, 0.717) is 19.1 Å². The first kappa shape index (κ1) is 26.9. The lowest BCUT2D eigenvalue weighted by Gasteiger charge is -2.47. The summed E-state index contributed by atoms with van der Waals surface area (Å²) in [6, 6.07) is 15.9. The van der Waals surface area contributed by atoms with Gasteiger partial charge in [0.25, 0.3) is 5.91 Å². The number of halogens is 1. The summed E-state index contributed by atoms with van der Waals surface area (Å²) in [6.45, 7) is 16.4. The van der Waals surface area contributed by atoms with E-state index in [4.69, 9.17) is 0 Å². The molecule has 1 heterocycles. The molecular weight excluding hydrogens is 434 g/mol. The van der Waals surface area contributed by atoms with Gasteiger partial charge in [0.05, 0.1) is 6.04 Å². The summed E-state index contributed by atoms with van der Waals surface area (Å²) in [6.07, 6.45) is 1.96. The van der Waals surface area contributed by atoms with E-state index in [1.54, 1.807) is 6.07 Å². The highest BCUT2D eigenvalue weighted by Gasteiger charge is 2.36. The number of amides is 1. The smallest absolute Gasteiger partial charge is 0.254 e. The van der Waals surface area contributed by atoms with Gasteiger partial charge in [-0.15, -0.1) is 19.0 Å². The molecule has 180 valence electrons. The third-order valence-corrected chi connectivity index (χ3v) is 6.58. The van der Waals surface area contributed by atoms with Crippen LogP contribution in [0.5, 0.6) is 5.75 Å². The third-order valence-electron chi connectivity index (χ3n) is 6.58. The fraction of sp³-hybridized carbons (Fsp3) is 0.444. The summed E-state index contributed by atoms with van der Waals surface area (Å²) < 4.78 is 0. The number of phenols is 1. The molecule has 6 heteroatoms. The Balaban J connectivity index is 0.00000385. The molecule has 1 aliphatic heterocycles. The van der Waals surface area contributed by atoms with E-state index < -0.39 is 0 Å². The molecule has 3 atom stereocenters. The number of rotatable bonds is 8. The first-order chi connectivity index (χ1) is 15.4. The van der Waals surface area contributed by atoms with Gasteiger partial charge in [-0.1, -0.05) is 36.4 Å². The minimum atomic E-state index is -0.124. The van der Waals surface area contributed by atoms with Crippen LogP contribution in [0.2, 0.25) is 0 Å². The van der Waals surface area contributed by atoms with Crippen LogP contribution in [-0.4, -0.2) is 70.5 Å². The van der Waals surface area contributed by atoms with E-state index in [0.717, 1.165) is 36.3 Å². The van der Waals surface area contributed by atoms with Crippen LogP contribution in [0, 0.1) is 0 Å². The SMILES string of the molecule is C=CCN1C[C@H](C)N([C@H](c2cccc(O)c2)c2ccccc2C(=O)N(CC)CC)C[C@H]1C.Cl. The quantitative estimate of drug-likeness (QED) is 0.552. The summed E-state index contributed by atoms with van der Waals surface area (Å²) in [5.74, 6) is 0.299. The van der Waals surface area contributed by atoms with Crippen LogP contribution < -0.4 is 0 Å². The van der Waals surface area contributed by atoms with Crippen molar-refractivity contribution in [2.24, 2.45) is 0 Å². The lowest BCUT2D eigenvalue weighted by molar-refractivity contribution is 0.0302. The van der Waals surface area contributed by atoms with Gasteiger partial charge in [0.1, 0.15) is 5.75 Å². The van der Waals surface area contributed by atoms with Gasteiger partial charge in [-0.3, -0.25) is 14.6 Å². The Labute approximate surface area is 205 Å². The molecule has 1 amide bonds. The van der Waals surface area contributed by atoms with Gasteiger partial charge in [0.2, 0.25) is 0 Å². The molecule has 0 aliphatic carbocycles. The van der Waals surface area contributed by atoms with E-state index >= 15 is 0 Å². The van der Waals surface area contributed by atoms with Crippen molar-refractivity contribution in [2.45, 2.75) is 45.8 Å². The van der Waals surface area contributed by atoms with Gasteiger partial charge in [-0.05, 0) is 57.0 Å². The summed E-state index contributed by atoms with van der Waals surface area (Å²) in [5, 5.41) is 10.3.